The van der Waals surface area contributed by atoms with Crippen LogP contribution in [-0.4, -0.2) is 10.2 Å². The zero-order valence-corrected chi connectivity index (χ0v) is 8.31. The summed E-state index contributed by atoms with van der Waals surface area (Å²) < 4.78 is 0. The van der Waals surface area contributed by atoms with Gasteiger partial charge >= 0.3 is 0 Å². The summed E-state index contributed by atoms with van der Waals surface area (Å²) in [5.41, 5.74) is 11.5. The van der Waals surface area contributed by atoms with Crippen molar-refractivity contribution in [3.63, 3.8) is 0 Å². The molecule has 0 aliphatic heterocycles. The first-order chi connectivity index (χ1) is 6.21. The van der Waals surface area contributed by atoms with Crippen LogP contribution in [0.1, 0.15) is 37.1 Å². The summed E-state index contributed by atoms with van der Waals surface area (Å²) in [6.45, 7) is 0. The number of rotatable bonds is 1. The van der Waals surface area contributed by atoms with Gasteiger partial charge in [-0.05, 0) is 12.8 Å². The Hall–Kier alpha value is -0.680. The molecule has 1 aliphatic carbocycles. The molecule has 1 aromatic rings. The zero-order valence-electron chi connectivity index (χ0n) is 7.49. The van der Waals surface area contributed by atoms with E-state index in [1.807, 2.05) is 0 Å². The van der Waals surface area contributed by atoms with Crippen molar-refractivity contribution in [2.75, 3.05) is 5.73 Å². The van der Waals surface area contributed by atoms with E-state index in [4.69, 9.17) is 11.5 Å². The van der Waals surface area contributed by atoms with Crippen LogP contribution in [0.4, 0.5) is 5.13 Å². The molecule has 1 fully saturated rings. The van der Waals surface area contributed by atoms with Gasteiger partial charge in [0.05, 0.1) is 5.54 Å². The molecule has 4 nitrogen and oxygen atoms in total. The molecule has 0 aromatic carbocycles. The van der Waals surface area contributed by atoms with Crippen LogP contribution >= 0.6 is 11.3 Å². The highest BCUT2D eigenvalue weighted by Crippen LogP contribution is 2.36. The van der Waals surface area contributed by atoms with Gasteiger partial charge in [0.15, 0.2) is 0 Å². The van der Waals surface area contributed by atoms with Crippen molar-refractivity contribution in [2.24, 2.45) is 5.73 Å². The molecule has 0 atom stereocenters. The zero-order chi connectivity index (χ0) is 9.31. The molecule has 13 heavy (non-hydrogen) atoms. The Bertz CT molecular complexity index is 290. The van der Waals surface area contributed by atoms with Crippen LogP contribution in [0.15, 0.2) is 0 Å². The van der Waals surface area contributed by atoms with Gasteiger partial charge in [0.25, 0.3) is 0 Å². The van der Waals surface area contributed by atoms with E-state index in [1.54, 1.807) is 0 Å². The van der Waals surface area contributed by atoms with Crippen molar-refractivity contribution in [2.45, 2.75) is 37.6 Å². The predicted octanol–water partition coefficient (Wildman–Crippen LogP) is 1.24. The van der Waals surface area contributed by atoms with Crippen LogP contribution in [0.5, 0.6) is 0 Å². The minimum atomic E-state index is -0.243. The van der Waals surface area contributed by atoms with E-state index in [2.05, 4.69) is 10.2 Å². The second kappa shape index (κ2) is 3.23. The fourth-order valence-corrected chi connectivity index (χ4v) is 2.60. The minimum Gasteiger partial charge on any atom is -0.374 e. The lowest BCUT2D eigenvalue weighted by atomic mass is 9.83. The maximum absolute atomic E-state index is 6.25. The van der Waals surface area contributed by atoms with Crippen molar-refractivity contribution in [1.29, 1.82) is 0 Å². The molecular weight excluding hydrogens is 184 g/mol. The fourth-order valence-electron chi connectivity index (χ4n) is 1.83. The molecular formula is C8H14N4S. The number of nitrogen functional groups attached to an aromatic ring is 1. The third-order valence-corrected chi connectivity index (χ3v) is 3.58. The molecule has 1 aromatic heterocycles. The molecule has 1 saturated carbocycles. The van der Waals surface area contributed by atoms with Gasteiger partial charge in [-0.1, -0.05) is 30.6 Å². The van der Waals surface area contributed by atoms with E-state index in [-0.39, 0.29) is 5.54 Å². The Morgan fingerprint density at radius 2 is 1.85 bits per heavy atom. The number of aromatic nitrogens is 2. The van der Waals surface area contributed by atoms with Gasteiger partial charge in [-0.15, -0.1) is 10.2 Å². The summed E-state index contributed by atoms with van der Waals surface area (Å²) in [6.07, 6.45) is 5.70. The first kappa shape index (κ1) is 8.90. The van der Waals surface area contributed by atoms with Crippen LogP contribution in [0.25, 0.3) is 0 Å². The average Bonchev–Trinajstić information content (AvgIpc) is 2.54. The topological polar surface area (TPSA) is 77.8 Å². The quantitative estimate of drug-likeness (QED) is 0.711. The molecule has 1 aliphatic rings. The van der Waals surface area contributed by atoms with Gasteiger partial charge in [-0.3, -0.25) is 0 Å². The van der Waals surface area contributed by atoms with Crippen LogP contribution in [-0.2, 0) is 5.54 Å². The van der Waals surface area contributed by atoms with Crippen LogP contribution < -0.4 is 11.5 Å². The molecule has 5 heteroatoms. The Morgan fingerprint density at radius 1 is 1.15 bits per heavy atom. The molecule has 0 saturated heterocycles. The minimum absolute atomic E-state index is 0.243. The monoisotopic (exact) mass is 198 g/mol. The van der Waals surface area contributed by atoms with Gasteiger partial charge in [0.2, 0.25) is 5.13 Å². The predicted molar refractivity (Wildman–Crippen MR) is 53.3 cm³/mol. The fraction of sp³-hybridized carbons (Fsp3) is 0.750. The summed E-state index contributed by atoms with van der Waals surface area (Å²) in [7, 11) is 0. The SMILES string of the molecule is Nc1nnc(C2(N)CCCCC2)s1. The summed E-state index contributed by atoms with van der Waals surface area (Å²) in [4.78, 5) is 0. The van der Waals surface area contributed by atoms with Gasteiger partial charge in [0, 0.05) is 0 Å². The maximum Gasteiger partial charge on any atom is 0.203 e. The summed E-state index contributed by atoms with van der Waals surface area (Å²) in [5, 5.41) is 9.26. The Kier molecular flexibility index (Phi) is 2.21. The molecule has 0 spiro atoms. The van der Waals surface area contributed by atoms with Gasteiger partial charge < -0.3 is 11.5 Å². The van der Waals surface area contributed by atoms with Crippen LogP contribution in [0.3, 0.4) is 0 Å². The van der Waals surface area contributed by atoms with Gasteiger partial charge in [0.1, 0.15) is 5.01 Å². The normalized spacial score (nSPS) is 21.6. The van der Waals surface area contributed by atoms with E-state index in [0.29, 0.717) is 5.13 Å². The summed E-state index contributed by atoms with van der Waals surface area (Å²) >= 11 is 1.42. The van der Waals surface area contributed by atoms with Crippen molar-refractivity contribution in [3.8, 4) is 0 Å². The van der Waals surface area contributed by atoms with E-state index < -0.39 is 0 Å². The average molecular weight is 198 g/mol. The van der Waals surface area contributed by atoms with Crippen molar-refractivity contribution in [3.05, 3.63) is 5.01 Å². The number of anilines is 1. The first-order valence-corrected chi connectivity index (χ1v) is 5.41. The molecule has 0 unspecified atom stereocenters. The van der Waals surface area contributed by atoms with E-state index in [9.17, 15) is 0 Å². The van der Waals surface area contributed by atoms with Crippen molar-refractivity contribution < 1.29 is 0 Å². The lowest BCUT2D eigenvalue weighted by Gasteiger charge is -2.30. The van der Waals surface area contributed by atoms with Crippen molar-refractivity contribution >= 4 is 16.5 Å². The molecule has 72 valence electrons. The molecule has 2 rings (SSSR count). The molecule has 0 bridgehead atoms. The maximum atomic E-state index is 6.25. The third kappa shape index (κ3) is 1.66. The number of hydrogen-bond acceptors (Lipinski definition) is 5. The molecule has 0 radical (unpaired) electrons. The van der Waals surface area contributed by atoms with E-state index in [0.717, 1.165) is 17.8 Å². The largest absolute Gasteiger partial charge is 0.374 e. The molecule has 1 heterocycles. The lowest BCUT2D eigenvalue weighted by Crippen LogP contribution is -2.38. The van der Waals surface area contributed by atoms with Crippen LogP contribution in [0.2, 0.25) is 0 Å². The summed E-state index contributed by atoms with van der Waals surface area (Å²) in [6, 6.07) is 0. The highest BCUT2D eigenvalue weighted by molar-refractivity contribution is 7.15. The number of nitrogens with zero attached hydrogens (tertiary/aromatic N) is 2. The number of nitrogens with two attached hydrogens (primary N) is 2. The van der Waals surface area contributed by atoms with E-state index in [1.165, 1.54) is 30.6 Å². The molecule has 0 amide bonds. The third-order valence-electron chi connectivity index (χ3n) is 2.61. The number of hydrogen-bond donors (Lipinski definition) is 2. The van der Waals surface area contributed by atoms with Gasteiger partial charge in [-0.25, -0.2) is 0 Å². The second-order valence-electron chi connectivity index (χ2n) is 3.66. The molecule has 4 N–H and O–H groups in total. The summed E-state index contributed by atoms with van der Waals surface area (Å²) in [5.74, 6) is 0. The standard InChI is InChI=1S/C8H14N4S/c9-7-12-11-6(13-7)8(10)4-2-1-3-5-8/h1-5,10H2,(H2,9,12). The van der Waals surface area contributed by atoms with Crippen LogP contribution in [0, 0.1) is 0 Å². The Balaban J connectivity index is 2.22. The Morgan fingerprint density at radius 3 is 2.38 bits per heavy atom. The smallest absolute Gasteiger partial charge is 0.203 e. The highest BCUT2D eigenvalue weighted by Gasteiger charge is 2.32. The first-order valence-electron chi connectivity index (χ1n) is 4.59. The van der Waals surface area contributed by atoms with Crippen molar-refractivity contribution in [1.82, 2.24) is 10.2 Å². The Labute approximate surface area is 81.3 Å². The van der Waals surface area contributed by atoms with Gasteiger partial charge in [-0.2, -0.15) is 0 Å². The lowest BCUT2D eigenvalue weighted by molar-refractivity contribution is 0.300. The second-order valence-corrected chi connectivity index (χ2v) is 4.67. The highest BCUT2D eigenvalue weighted by atomic mass is 32.1. The van der Waals surface area contributed by atoms with E-state index >= 15 is 0 Å².